The molecule has 2 aromatic rings. The molecule has 1 aromatic carbocycles. The highest BCUT2D eigenvalue weighted by Crippen LogP contribution is 2.27. The topological polar surface area (TPSA) is 9.23 Å². The van der Waals surface area contributed by atoms with Crippen molar-refractivity contribution >= 4 is 11.3 Å². The summed E-state index contributed by atoms with van der Waals surface area (Å²) in [6.45, 7) is 0. The zero-order chi connectivity index (χ0) is 9.97. The van der Waals surface area contributed by atoms with Crippen LogP contribution < -0.4 is 4.74 Å². The minimum atomic E-state index is -0.710. The molecule has 1 heterocycles. The highest BCUT2D eigenvalue weighted by atomic mass is 32.1. The van der Waals surface area contributed by atoms with Crippen LogP contribution >= 0.6 is 11.3 Å². The molecule has 0 N–H and O–H groups in total. The molecule has 2 rings (SSSR count). The Morgan fingerprint density at radius 1 is 1.21 bits per heavy atom. The Hall–Kier alpha value is -1.42. The highest BCUT2D eigenvalue weighted by Gasteiger charge is 2.06. The average molecular weight is 211 g/mol. The molecule has 0 aliphatic heterocycles. The third-order valence-corrected chi connectivity index (χ3v) is 2.23. The van der Waals surface area contributed by atoms with E-state index in [-0.39, 0.29) is 5.75 Å². The predicted octanol–water partition coefficient (Wildman–Crippen LogP) is 3.62. The Kier molecular flexibility index (Phi) is 2.45. The Labute approximate surface area is 83.6 Å². The van der Waals surface area contributed by atoms with Crippen molar-refractivity contribution in [1.29, 1.82) is 0 Å². The largest absolute Gasteiger partial charge is 0.444 e. The fraction of sp³-hybridized carbons (Fsp3) is 0. The number of benzene rings is 1. The van der Waals surface area contributed by atoms with E-state index in [9.17, 15) is 8.78 Å². The van der Waals surface area contributed by atoms with Crippen LogP contribution in [-0.2, 0) is 0 Å². The molecule has 1 nitrogen and oxygen atoms in total. The van der Waals surface area contributed by atoms with Gasteiger partial charge in [0.15, 0.2) is 16.6 Å². The molecule has 0 aliphatic carbocycles. The van der Waals surface area contributed by atoms with Gasteiger partial charge in [-0.05, 0) is 24.3 Å². The van der Waals surface area contributed by atoms with E-state index in [4.69, 9.17) is 4.74 Å². The van der Waals surface area contributed by atoms with Gasteiger partial charge in [0.05, 0.1) is 0 Å². The summed E-state index contributed by atoms with van der Waals surface area (Å²) >= 11 is 1.22. The van der Waals surface area contributed by atoms with E-state index in [1.54, 1.807) is 12.1 Å². The molecule has 14 heavy (non-hydrogen) atoms. The molecule has 0 bridgehead atoms. The molecule has 0 saturated carbocycles. The number of hydrogen-bond donors (Lipinski definition) is 0. The summed E-state index contributed by atoms with van der Waals surface area (Å²) in [6.07, 6.45) is 0. The lowest BCUT2D eigenvalue weighted by Gasteiger charge is -2.03. The zero-order valence-electron chi connectivity index (χ0n) is 6.96. The van der Waals surface area contributed by atoms with E-state index < -0.39 is 11.6 Å². The van der Waals surface area contributed by atoms with Gasteiger partial charge in [-0.3, -0.25) is 0 Å². The lowest BCUT2D eigenvalue weighted by Crippen LogP contribution is -1.87. The molecule has 1 radical (unpaired) electrons. The number of hydrogen-bond acceptors (Lipinski definition) is 2. The first-order valence-corrected chi connectivity index (χ1v) is 4.66. The van der Waals surface area contributed by atoms with Crippen molar-refractivity contribution in [2.45, 2.75) is 0 Å². The standard InChI is InChI=1S/C10H5F2OS/c11-7-3-4-9(8(12)6-7)13-10-2-1-5-14-10/h1-4,6H. The molecule has 0 fully saturated rings. The summed E-state index contributed by atoms with van der Waals surface area (Å²) in [5.74, 6) is -1.31. The van der Waals surface area contributed by atoms with Crippen molar-refractivity contribution < 1.29 is 13.5 Å². The van der Waals surface area contributed by atoms with Gasteiger partial charge < -0.3 is 4.74 Å². The average Bonchev–Trinajstić information content (AvgIpc) is 2.62. The van der Waals surface area contributed by atoms with E-state index in [1.807, 2.05) is 0 Å². The number of halogens is 2. The minimum Gasteiger partial charge on any atom is -0.444 e. The fourth-order valence-electron chi connectivity index (χ4n) is 0.949. The van der Waals surface area contributed by atoms with Crippen LogP contribution in [0.25, 0.3) is 0 Å². The van der Waals surface area contributed by atoms with E-state index in [0.717, 1.165) is 12.1 Å². The second-order valence-electron chi connectivity index (χ2n) is 2.55. The maximum absolute atomic E-state index is 13.1. The second kappa shape index (κ2) is 3.75. The molecule has 0 unspecified atom stereocenters. The number of thiophene rings is 1. The smallest absolute Gasteiger partial charge is 0.181 e. The summed E-state index contributed by atoms with van der Waals surface area (Å²) in [4.78, 5) is 0. The lowest BCUT2D eigenvalue weighted by molar-refractivity contribution is 0.447. The van der Waals surface area contributed by atoms with E-state index in [0.29, 0.717) is 5.06 Å². The molecule has 0 spiro atoms. The van der Waals surface area contributed by atoms with Crippen molar-refractivity contribution in [2.75, 3.05) is 0 Å². The summed E-state index contributed by atoms with van der Waals surface area (Å²) < 4.78 is 30.7. The maximum atomic E-state index is 13.1. The molecule has 4 heteroatoms. The van der Waals surface area contributed by atoms with Gasteiger partial charge in [-0.25, -0.2) is 8.78 Å². The fourth-order valence-corrected chi connectivity index (χ4v) is 1.47. The monoisotopic (exact) mass is 211 g/mol. The van der Waals surface area contributed by atoms with Crippen molar-refractivity contribution in [2.24, 2.45) is 0 Å². The van der Waals surface area contributed by atoms with Crippen LogP contribution in [0.5, 0.6) is 10.8 Å². The van der Waals surface area contributed by atoms with Gasteiger partial charge in [-0.2, -0.15) is 0 Å². The third-order valence-electron chi connectivity index (χ3n) is 1.55. The van der Waals surface area contributed by atoms with Crippen molar-refractivity contribution in [3.8, 4) is 10.8 Å². The lowest BCUT2D eigenvalue weighted by atomic mass is 10.3. The summed E-state index contributed by atoms with van der Waals surface area (Å²) in [7, 11) is 0. The minimum absolute atomic E-state index is 0.0160. The first-order valence-electron chi connectivity index (χ1n) is 3.84. The van der Waals surface area contributed by atoms with E-state index in [2.05, 4.69) is 5.38 Å². The first-order chi connectivity index (χ1) is 6.75. The quantitative estimate of drug-likeness (QED) is 0.737. The van der Waals surface area contributed by atoms with Gasteiger partial charge in [0.25, 0.3) is 0 Å². The van der Waals surface area contributed by atoms with Crippen LogP contribution in [0.15, 0.2) is 30.3 Å². The molecule has 71 valence electrons. The molecule has 0 saturated heterocycles. The molecule has 0 aliphatic rings. The Bertz CT molecular complexity index is 426. The van der Waals surface area contributed by atoms with E-state index in [1.165, 1.54) is 17.4 Å². The van der Waals surface area contributed by atoms with Crippen LogP contribution in [-0.4, -0.2) is 0 Å². The number of ether oxygens (including phenoxy) is 1. The SMILES string of the molecule is Fc1ccc(Oc2cc[c]s2)c(F)c1. The number of rotatable bonds is 2. The third kappa shape index (κ3) is 1.90. The normalized spacial score (nSPS) is 10.1. The van der Waals surface area contributed by atoms with Crippen molar-refractivity contribution in [3.05, 3.63) is 47.3 Å². The summed E-state index contributed by atoms with van der Waals surface area (Å²) in [5.41, 5.74) is 0. The van der Waals surface area contributed by atoms with Crippen LogP contribution in [0.1, 0.15) is 0 Å². The van der Waals surface area contributed by atoms with Gasteiger partial charge >= 0.3 is 0 Å². The molecule has 0 atom stereocenters. The second-order valence-corrected chi connectivity index (χ2v) is 3.39. The Morgan fingerprint density at radius 3 is 2.71 bits per heavy atom. The molecular weight excluding hydrogens is 206 g/mol. The first kappa shape index (κ1) is 9.15. The van der Waals surface area contributed by atoms with Crippen LogP contribution in [0.3, 0.4) is 0 Å². The summed E-state index contributed by atoms with van der Waals surface area (Å²) in [5, 5.41) is 3.32. The van der Waals surface area contributed by atoms with Gasteiger partial charge in [0, 0.05) is 11.4 Å². The van der Waals surface area contributed by atoms with Crippen molar-refractivity contribution in [3.63, 3.8) is 0 Å². The zero-order valence-corrected chi connectivity index (χ0v) is 7.78. The highest BCUT2D eigenvalue weighted by molar-refractivity contribution is 7.11. The van der Waals surface area contributed by atoms with Crippen LogP contribution in [0.2, 0.25) is 0 Å². The van der Waals surface area contributed by atoms with Gasteiger partial charge in [-0.1, -0.05) is 11.3 Å². The maximum Gasteiger partial charge on any atom is 0.181 e. The van der Waals surface area contributed by atoms with Gasteiger partial charge in [0.2, 0.25) is 0 Å². The van der Waals surface area contributed by atoms with Crippen molar-refractivity contribution in [1.82, 2.24) is 0 Å². The van der Waals surface area contributed by atoms with Crippen LogP contribution in [0.4, 0.5) is 8.78 Å². The Balaban J connectivity index is 2.25. The van der Waals surface area contributed by atoms with Gasteiger partial charge in [0.1, 0.15) is 5.82 Å². The van der Waals surface area contributed by atoms with Crippen LogP contribution in [0, 0.1) is 17.0 Å². The van der Waals surface area contributed by atoms with Gasteiger partial charge in [-0.15, -0.1) is 0 Å². The Morgan fingerprint density at radius 2 is 2.07 bits per heavy atom. The molecule has 1 aromatic heterocycles. The summed E-state index contributed by atoms with van der Waals surface area (Å²) in [6, 6.07) is 6.52. The van der Waals surface area contributed by atoms with E-state index >= 15 is 0 Å². The molecule has 0 amide bonds. The predicted molar refractivity (Wildman–Crippen MR) is 49.6 cm³/mol. The molecular formula is C10H5F2OS.